The lowest BCUT2D eigenvalue weighted by Gasteiger charge is -2.61. The first kappa shape index (κ1) is 18.6. The van der Waals surface area contributed by atoms with Crippen molar-refractivity contribution in [3.8, 4) is 5.75 Å². The summed E-state index contributed by atoms with van der Waals surface area (Å²) in [5, 5.41) is 10.5. The summed E-state index contributed by atoms with van der Waals surface area (Å²) in [7, 11) is 1.71. The molecule has 2 amide bonds. The summed E-state index contributed by atoms with van der Waals surface area (Å²) in [6.07, 6.45) is 3.70. The maximum Gasteiger partial charge on any atom is 0.320 e. The molecule has 0 spiro atoms. The van der Waals surface area contributed by atoms with E-state index >= 15 is 0 Å². The fourth-order valence-electron chi connectivity index (χ4n) is 5.77. The molecular formula is C22H32N2O3. The Balaban J connectivity index is 1.69. The van der Waals surface area contributed by atoms with Gasteiger partial charge in [-0.1, -0.05) is 32.9 Å². The van der Waals surface area contributed by atoms with Gasteiger partial charge in [-0.15, -0.1) is 0 Å². The van der Waals surface area contributed by atoms with Gasteiger partial charge in [-0.2, -0.15) is 0 Å². The molecule has 1 unspecified atom stereocenters. The monoisotopic (exact) mass is 372 g/mol. The number of urea groups is 1. The zero-order chi connectivity index (χ0) is 19.4. The van der Waals surface area contributed by atoms with Gasteiger partial charge in [-0.25, -0.2) is 4.79 Å². The number of amides is 2. The lowest BCUT2D eigenvalue weighted by atomic mass is 9.51. The first-order valence-corrected chi connectivity index (χ1v) is 10.2. The lowest BCUT2D eigenvalue weighted by Crippen LogP contribution is -2.66. The third-order valence-electron chi connectivity index (χ3n) is 7.85. The summed E-state index contributed by atoms with van der Waals surface area (Å²) in [5.74, 6) is 0.368. The predicted molar refractivity (Wildman–Crippen MR) is 105 cm³/mol. The van der Waals surface area contributed by atoms with E-state index in [1.165, 1.54) is 5.56 Å². The van der Waals surface area contributed by atoms with Crippen LogP contribution in [0.1, 0.15) is 51.2 Å². The Morgan fingerprint density at radius 3 is 2.78 bits per heavy atom. The molecule has 5 nitrogen and oxygen atoms in total. The third kappa shape index (κ3) is 2.58. The molecular weight excluding hydrogens is 340 g/mol. The van der Waals surface area contributed by atoms with Gasteiger partial charge >= 0.3 is 6.03 Å². The van der Waals surface area contributed by atoms with E-state index < -0.39 is 0 Å². The number of aromatic hydroxyl groups is 1. The van der Waals surface area contributed by atoms with Crippen LogP contribution in [0.3, 0.4) is 0 Å². The maximum absolute atomic E-state index is 13.5. The summed E-state index contributed by atoms with van der Waals surface area (Å²) in [5.41, 5.74) is 2.18. The van der Waals surface area contributed by atoms with Crippen LogP contribution < -0.4 is 0 Å². The lowest BCUT2D eigenvalue weighted by molar-refractivity contribution is -0.0261. The zero-order valence-corrected chi connectivity index (χ0v) is 17.0. The van der Waals surface area contributed by atoms with Crippen molar-refractivity contribution in [2.45, 2.75) is 64.0 Å². The Bertz CT molecular complexity index is 747. The Labute approximate surface area is 162 Å². The average Bonchev–Trinajstić information content (AvgIpc) is 3.07. The molecule has 2 fully saturated rings. The van der Waals surface area contributed by atoms with Gasteiger partial charge in [0.25, 0.3) is 0 Å². The average molecular weight is 373 g/mol. The zero-order valence-electron chi connectivity index (χ0n) is 17.0. The molecule has 0 saturated carbocycles. The molecule has 1 N–H and O–H groups in total. The quantitative estimate of drug-likeness (QED) is 0.864. The standard InChI is InChI=1S/C22H32N2O3/c1-21(2)19-13-16-17(8-5-9-18(16)25)22(21,3)10-12-24(19)20(26)23-11-6-7-15(23)14-27-4/h5,8-9,15,19,25H,6-7,10-14H2,1-4H3/t15?,19-,22-/m0/s1. The number of phenolic OH excluding ortho intramolecular Hbond substituents is 1. The maximum atomic E-state index is 13.5. The van der Waals surface area contributed by atoms with E-state index in [-0.39, 0.29) is 28.9 Å². The number of carbonyl (C=O) groups excluding carboxylic acids is 1. The number of phenols is 1. The number of likely N-dealkylation sites (tertiary alicyclic amines) is 2. The molecule has 5 heteroatoms. The molecule has 148 valence electrons. The van der Waals surface area contributed by atoms with Gasteiger partial charge in [0.2, 0.25) is 0 Å². The van der Waals surface area contributed by atoms with Crippen LogP contribution in [0, 0.1) is 5.41 Å². The fourth-order valence-corrected chi connectivity index (χ4v) is 5.77. The van der Waals surface area contributed by atoms with E-state index in [0.717, 1.165) is 44.3 Å². The van der Waals surface area contributed by atoms with E-state index in [4.69, 9.17) is 4.74 Å². The molecule has 2 heterocycles. The second-order valence-corrected chi connectivity index (χ2v) is 9.25. The minimum Gasteiger partial charge on any atom is -0.508 e. The fraction of sp³-hybridized carbons (Fsp3) is 0.682. The van der Waals surface area contributed by atoms with Gasteiger partial charge in [0.05, 0.1) is 12.6 Å². The van der Waals surface area contributed by atoms with Gasteiger partial charge in [-0.3, -0.25) is 0 Å². The number of benzene rings is 1. The van der Waals surface area contributed by atoms with E-state index in [1.807, 2.05) is 11.0 Å². The Morgan fingerprint density at radius 2 is 2.04 bits per heavy atom. The number of hydrogen-bond donors (Lipinski definition) is 1. The van der Waals surface area contributed by atoms with Gasteiger partial charge < -0.3 is 19.6 Å². The molecule has 1 aromatic carbocycles. The van der Waals surface area contributed by atoms with Crippen LogP contribution in [0.4, 0.5) is 4.79 Å². The highest BCUT2D eigenvalue weighted by Crippen LogP contribution is 2.57. The Hall–Kier alpha value is -1.75. The van der Waals surface area contributed by atoms with Crippen molar-refractivity contribution in [1.29, 1.82) is 0 Å². The largest absolute Gasteiger partial charge is 0.508 e. The van der Waals surface area contributed by atoms with E-state index in [1.54, 1.807) is 13.2 Å². The summed E-state index contributed by atoms with van der Waals surface area (Å²) in [4.78, 5) is 17.6. The normalized spacial score (nSPS) is 31.7. The van der Waals surface area contributed by atoms with Crippen molar-refractivity contribution in [2.24, 2.45) is 5.41 Å². The van der Waals surface area contributed by atoms with Crippen molar-refractivity contribution < 1.29 is 14.6 Å². The van der Waals surface area contributed by atoms with Crippen LogP contribution in [0.5, 0.6) is 5.75 Å². The number of piperidine rings is 1. The summed E-state index contributed by atoms with van der Waals surface area (Å²) >= 11 is 0. The molecule has 1 aliphatic carbocycles. The number of fused-ring (bicyclic) bond motifs is 4. The highest BCUT2D eigenvalue weighted by Gasteiger charge is 2.57. The summed E-state index contributed by atoms with van der Waals surface area (Å²) in [6.45, 7) is 9.09. The molecule has 2 aliphatic heterocycles. The van der Waals surface area contributed by atoms with Crippen LogP contribution in [0.25, 0.3) is 0 Å². The highest BCUT2D eigenvalue weighted by molar-refractivity contribution is 5.76. The molecule has 2 saturated heterocycles. The van der Waals surface area contributed by atoms with Crippen LogP contribution in [0.2, 0.25) is 0 Å². The van der Waals surface area contributed by atoms with Gasteiger partial charge in [0, 0.05) is 31.7 Å². The minimum atomic E-state index is -0.0574. The molecule has 27 heavy (non-hydrogen) atoms. The van der Waals surface area contributed by atoms with E-state index in [9.17, 15) is 9.90 Å². The smallest absolute Gasteiger partial charge is 0.320 e. The predicted octanol–water partition coefficient (Wildman–Crippen LogP) is 3.54. The van der Waals surface area contributed by atoms with Crippen LogP contribution in [-0.2, 0) is 16.6 Å². The number of rotatable bonds is 2. The number of hydrogen-bond acceptors (Lipinski definition) is 3. The summed E-state index contributed by atoms with van der Waals surface area (Å²) in [6, 6.07) is 6.31. The summed E-state index contributed by atoms with van der Waals surface area (Å²) < 4.78 is 5.35. The second-order valence-electron chi connectivity index (χ2n) is 9.25. The van der Waals surface area contributed by atoms with Gasteiger partial charge in [0.1, 0.15) is 5.75 Å². The Kier molecular flexibility index (Phi) is 4.41. The van der Waals surface area contributed by atoms with E-state index in [0.29, 0.717) is 12.4 Å². The SMILES string of the molecule is COCC1CCCN1C(=O)N1CC[C@@]2(C)c3cccc(O)c3C[C@H]1C2(C)C. The first-order valence-electron chi connectivity index (χ1n) is 10.2. The van der Waals surface area contributed by atoms with Gasteiger partial charge in [0.15, 0.2) is 0 Å². The molecule has 0 aromatic heterocycles. The van der Waals surface area contributed by atoms with Crippen molar-refractivity contribution in [3.63, 3.8) is 0 Å². The third-order valence-corrected chi connectivity index (χ3v) is 7.85. The van der Waals surface area contributed by atoms with Crippen molar-refractivity contribution >= 4 is 6.03 Å². The van der Waals surface area contributed by atoms with Crippen molar-refractivity contribution in [2.75, 3.05) is 26.8 Å². The molecule has 2 bridgehead atoms. The second kappa shape index (κ2) is 6.40. The van der Waals surface area contributed by atoms with Gasteiger partial charge in [-0.05, 0) is 48.3 Å². The molecule has 3 aliphatic rings. The minimum absolute atomic E-state index is 0.0439. The first-order chi connectivity index (χ1) is 12.8. The van der Waals surface area contributed by atoms with Crippen LogP contribution >= 0.6 is 0 Å². The number of carbonyl (C=O) groups is 1. The number of nitrogens with zero attached hydrogens (tertiary/aromatic N) is 2. The van der Waals surface area contributed by atoms with Crippen LogP contribution in [-0.4, -0.2) is 59.8 Å². The molecule has 0 radical (unpaired) electrons. The van der Waals surface area contributed by atoms with Crippen LogP contribution in [0.15, 0.2) is 18.2 Å². The number of ether oxygens (including phenoxy) is 1. The van der Waals surface area contributed by atoms with Crippen molar-refractivity contribution in [1.82, 2.24) is 9.80 Å². The molecule has 1 aromatic rings. The molecule has 3 atom stereocenters. The topological polar surface area (TPSA) is 53.0 Å². The molecule has 4 rings (SSSR count). The Morgan fingerprint density at radius 1 is 1.26 bits per heavy atom. The number of methoxy groups -OCH3 is 1. The highest BCUT2D eigenvalue weighted by atomic mass is 16.5. The van der Waals surface area contributed by atoms with Crippen molar-refractivity contribution in [3.05, 3.63) is 29.3 Å². The van der Waals surface area contributed by atoms with E-state index in [2.05, 4.69) is 31.7 Å².